The van der Waals surface area contributed by atoms with Crippen molar-refractivity contribution in [1.82, 2.24) is 14.5 Å². The fourth-order valence-electron chi connectivity index (χ4n) is 2.05. The Morgan fingerprint density at radius 1 is 1.39 bits per heavy atom. The molecule has 0 aromatic carbocycles. The van der Waals surface area contributed by atoms with E-state index in [0.29, 0.717) is 29.8 Å². The minimum Gasteiger partial charge on any atom is -0.272 e. The van der Waals surface area contributed by atoms with Crippen LogP contribution in [0.1, 0.15) is 41.0 Å². The zero-order chi connectivity index (χ0) is 13.5. The van der Waals surface area contributed by atoms with Gasteiger partial charge in [-0.25, -0.2) is 13.1 Å². The third-order valence-electron chi connectivity index (χ3n) is 3.46. The van der Waals surface area contributed by atoms with E-state index in [4.69, 9.17) is 0 Å². The van der Waals surface area contributed by atoms with Crippen molar-refractivity contribution in [3.8, 4) is 0 Å². The van der Waals surface area contributed by atoms with Gasteiger partial charge in [-0.05, 0) is 26.7 Å². The third kappa shape index (κ3) is 2.14. The number of rotatable bonds is 3. The van der Waals surface area contributed by atoms with Gasteiger partial charge >= 0.3 is 0 Å². The van der Waals surface area contributed by atoms with Gasteiger partial charge < -0.3 is 0 Å². The first-order chi connectivity index (χ1) is 8.33. The topological polar surface area (TPSA) is 81.1 Å². The summed E-state index contributed by atoms with van der Waals surface area (Å²) >= 11 is 0. The Morgan fingerprint density at radius 2 is 2.00 bits per heavy atom. The van der Waals surface area contributed by atoms with Crippen LogP contribution in [0.3, 0.4) is 0 Å². The zero-order valence-electron chi connectivity index (χ0n) is 10.7. The molecule has 0 radical (unpaired) electrons. The van der Waals surface area contributed by atoms with Crippen LogP contribution in [0.4, 0.5) is 0 Å². The number of amides is 1. The minimum atomic E-state index is -3.53. The number of aromatic nitrogens is 2. The van der Waals surface area contributed by atoms with E-state index in [0.717, 1.165) is 6.42 Å². The van der Waals surface area contributed by atoms with Crippen LogP contribution in [-0.4, -0.2) is 29.4 Å². The average Bonchev–Trinajstić information content (AvgIpc) is 2.35. The molecule has 0 saturated heterocycles. The Kier molecular flexibility index (Phi) is 3.18. The highest BCUT2D eigenvalue weighted by Crippen LogP contribution is 2.25. The van der Waals surface area contributed by atoms with Gasteiger partial charge in [0.2, 0.25) is 10.0 Å². The number of sulfonamides is 1. The van der Waals surface area contributed by atoms with Gasteiger partial charge in [0.15, 0.2) is 0 Å². The van der Waals surface area contributed by atoms with E-state index in [1.54, 1.807) is 25.6 Å². The molecule has 1 aliphatic rings. The van der Waals surface area contributed by atoms with Crippen LogP contribution in [0.15, 0.2) is 0 Å². The first-order valence-corrected chi connectivity index (χ1v) is 7.43. The second kappa shape index (κ2) is 4.38. The summed E-state index contributed by atoms with van der Waals surface area (Å²) in [5.74, 6) is -0.579. The Morgan fingerprint density at radius 3 is 2.39 bits per heavy atom. The van der Waals surface area contributed by atoms with Crippen LogP contribution < -0.4 is 4.72 Å². The van der Waals surface area contributed by atoms with Crippen LogP contribution in [0, 0.1) is 13.8 Å². The van der Waals surface area contributed by atoms with Gasteiger partial charge in [0.1, 0.15) is 0 Å². The second-order valence-corrected chi connectivity index (χ2v) is 6.66. The zero-order valence-corrected chi connectivity index (χ0v) is 11.5. The Balaban J connectivity index is 2.22. The van der Waals surface area contributed by atoms with Crippen LogP contribution in [0.2, 0.25) is 0 Å². The molecular weight excluding hydrogens is 254 g/mol. The number of hydrogen-bond acceptors (Lipinski definition) is 4. The summed E-state index contributed by atoms with van der Waals surface area (Å²) in [4.78, 5) is 12.0. The van der Waals surface area contributed by atoms with Gasteiger partial charge in [-0.2, -0.15) is 5.10 Å². The van der Waals surface area contributed by atoms with Gasteiger partial charge in [-0.1, -0.05) is 6.42 Å². The molecule has 0 unspecified atom stereocenters. The number of aryl methyl sites for hydroxylation is 2. The fraction of sp³-hybridized carbons (Fsp3) is 0.636. The molecule has 0 spiro atoms. The summed E-state index contributed by atoms with van der Waals surface area (Å²) in [6.45, 7) is 3.43. The largest absolute Gasteiger partial charge is 0.272 e. The summed E-state index contributed by atoms with van der Waals surface area (Å²) in [6, 6.07) is 0. The van der Waals surface area contributed by atoms with Crippen molar-refractivity contribution in [1.29, 1.82) is 0 Å². The summed E-state index contributed by atoms with van der Waals surface area (Å²) in [7, 11) is -1.81. The maximum Gasteiger partial charge on any atom is 0.268 e. The molecule has 18 heavy (non-hydrogen) atoms. The predicted molar refractivity (Wildman–Crippen MR) is 66.7 cm³/mol. The Bertz CT molecular complexity index is 585. The van der Waals surface area contributed by atoms with E-state index in [9.17, 15) is 13.2 Å². The molecule has 0 aliphatic heterocycles. The number of carbonyl (C=O) groups excluding carboxylic acids is 1. The smallest absolute Gasteiger partial charge is 0.268 e. The van der Waals surface area contributed by atoms with Crippen molar-refractivity contribution >= 4 is 15.9 Å². The molecule has 6 nitrogen and oxygen atoms in total. The van der Waals surface area contributed by atoms with E-state index < -0.39 is 21.2 Å². The van der Waals surface area contributed by atoms with Crippen molar-refractivity contribution < 1.29 is 13.2 Å². The molecule has 1 heterocycles. The molecule has 1 N–H and O–H groups in total. The maximum absolute atomic E-state index is 12.0. The Hall–Kier alpha value is -1.37. The molecule has 1 saturated carbocycles. The molecule has 0 bridgehead atoms. The van der Waals surface area contributed by atoms with Crippen molar-refractivity contribution in [2.45, 2.75) is 38.4 Å². The molecule has 2 rings (SSSR count). The van der Waals surface area contributed by atoms with Gasteiger partial charge in [0.25, 0.3) is 5.91 Å². The van der Waals surface area contributed by atoms with Gasteiger partial charge in [-0.15, -0.1) is 0 Å². The molecule has 7 heteroatoms. The van der Waals surface area contributed by atoms with Crippen LogP contribution >= 0.6 is 0 Å². The van der Waals surface area contributed by atoms with Gasteiger partial charge in [-0.3, -0.25) is 9.48 Å². The van der Waals surface area contributed by atoms with Gasteiger partial charge in [0.05, 0.1) is 16.5 Å². The van der Waals surface area contributed by atoms with Crippen LogP contribution in [0.5, 0.6) is 0 Å². The van der Waals surface area contributed by atoms with Crippen molar-refractivity contribution in [2.24, 2.45) is 7.05 Å². The molecule has 1 aromatic heterocycles. The lowest BCUT2D eigenvalue weighted by Crippen LogP contribution is -2.41. The lowest BCUT2D eigenvalue weighted by molar-refractivity contribution is 0.0979. The summed E-state index contributed by atoms with van der Waals surface area (Å²) in [6.07, 6.45) is 2.17. The molecule has 0 atom stereocenters. The molecule has 1 aromatic rings. The van der Waals surface area contributed by atoms with Crippen molar-refractivity contribution in [3.05, 3.63) is 17.0 Å². The van der Waals surface area contributed by atoms with Crippen molar-refractivity contribution in [2.75, 3.05) is 0 Å². The van der Waals surface area contributed by atoms with E-state index >= 15 is 0 Å². The lowest BCUT2D eigenvalue weighted by Gasteiger charge is -2.25. The molecular formula is C11H17N3O3S. The highest BCUT2D eigenvalue weighted by Gasteiger charge is 2.33. The Labute approximate surface area is 106 Å². The minimum absolute atomic E-state index is 0.348. The molecule has 1 amide bonds. The predicted octanol–water partition coefficient (Wildman–Crippen LogP) is 0.649. The normalized spacial score (nSPS) is 16.4. The van der Waals surface area contributed by atoms with Crippen LogP contribution in [0.25, 0.3) is 0 Å². The first kappa shape index (κ1) is 13.1. The van der Waals surface area contributed by atoms with E-state index in [2.05, 4.69) is 9.82 Å². The van der Waals surface area contributed by atoms with Crippen molar-refractivity contribution in [3.63, 3.8) is 0 Å². The average molecular weight is 271 g/mol. The summed E-state index contributed by atoms with van der Waals surface area (Å²) in [5.41, 5.74) is 1.55. The SMILES string of the molecule is Cc1nn(C)c(C)c1C(=O)NS(=O)(=O)C1CCC1. The standard InChI is InChI=1S/C11H17N3O3S/c1-7-10(8(2)14(3)12-7)11(15)13-18(16,17)9-5-4-6-9/h9H,4-6H2,1-3H3,(H,13,15). The highest BCUT2D eigenvalue weighted by molar-refractivity contribution is 7.90. The number of nitrogens with one attached hydrogen (secondary N) is 1. The summed E-state index contributed by atoms with van der Waals surface area (Å²) in [5, 5.41) is 3.68. The monoisotopic (exact) mass is 271 g/mol. The number of nitrogens with zero attached hydrogens (tertiary/aromatic N) is 2. The maximum atomic E-state index is 12.0. The fourth-order valence-corrected chi connectivity index (χ4v) is 3.53. The quantitative estimate of drug-likeness (QED) is 0.875. The van der Waals surface area contributed by atoms with Crippen LogP contribution in [-0.2, 0) is 17.1 Å². The highest BCUT2D eigenvalue weighted by atomic mass is 32.2. The number of hydrogen-bond donors (Lipinski definition) is 1. The third-order valence-corrected chi connectivity index (χ3v) is 5.28. The van der Waals surface area contributed by atoms with E-state index in [1.165, 1.54) is 0 Å². The molecule has 100 valence electrons. The second-order valence-electron chi connectivity index (χ2n) is 4.70. The molecule has 1 fully saturated rings. The number of carbonyl (C=O) groups is 1. The molecule has 1 aliphatic carbocycles. The van der Waals surface area contributed by atoms with E-state index in [-0.39, 0.29) is 0 Å². The van der Waals surface area contributed by atoms with Gasteiger partial charge in [0, 0.05) is 12.7 Å². The first-order valence-electron chi connectivity index (χ1n) is 5.89. The van der Waals surface area contributed by atoms with E-state index in [1.807, 2.05) is 0 Å². The lowest BCUT2D eigenvalue weighted by atomic mass is 10.0. The summed E-state index contributed by atoms with van der Waals surface area (Å²) < 4.78 is 27.5.